The average molecular weight is 201 g/mol. The van der Waals surface area contributed by atoms with Crippen molar-refractivity contribution < 1.29 is 0 Å². The lowest BCUT2D eigenvalue weighted by Gasteiger charge is -1.99. The van der Waals surface area contributed by atoms with Gasteiger partial charge in [-0.2, -0.15) is 10.4 Å². The zero-order chi connectivity index (χ0) is 10.7. The summed E-state index contributed by atoms with van der Waals surface area (Å²) >= 11 is 0. The lowest BCUT2D eigenvalue weighted by Crippen LogP contribution is -2.00. The van der Waals surface area contributed by atoms with Crippen LogP contribution in [0.4, 0.5) is 0 Å². The Morgan fingerprint density at radius 3 is 3.07 bits per heavy atom. The van der Waals surface area contributed by atoms with E-state index in [0.717, 1.165) is 12.1 Å². The molecule has 0 aliphatic carbocycles. The van der Waals surface area contributed by atoms with Crippen LogP contribution in [0.2, 0.25) is 0 Å². The van der Waals surface area contributed by atoms with Crippen molar-refractivity contribution in [1.82, 2.24) is 19.3 Å². The highest BCUT2D eigenvalue weighted by molar-refractivity contribution is 5.14. The summed E-state index contributed by atoms with van der Waals surface area (Å²) in [6, 6.07) is 2.04. The van der Waals surface area contributed by atoms with Crippen molar-refractivity contribution in [2.45, 2.75) is 20.0 Å². The van der Waals surface area contributed by atoms with Crippen LogP contribution in [0.5, 0.6) is 0 Å². The number of aromatic nitrogens is 4. The quantitative estimate of drug-likeness (QED) is 0.744. The number of nitrogens with zero attached hydrogens (tertiary/aromatic N) is 5. The summed E-state index contributed by atoms with van der Waals surface area (Å²) in [5, 5.41) is 13.0. The van der Waals surface area contributed by atoms with Gasteiger partial charge in [-0.3, -0.25) is 4.68 Å². The van der Waals surface area contributed by atoms with E-state index >= 15 is 0 Å². The Bertz CT molecular complexity index is 488. The monoisotopic (exact) mass is 201 g/mol. The molecule has 0 N–H and O–H groups in total. The van der Waals surface area contributed by atoms with Crippen molar-refractivity contribution >= 4 is 0 Å². The number of imidazole rings is 1. The predicted octanol–water partition coefficient (Wildman–Crippen LogP) is 1.02. The minimum absolute atomic E-state index is 0.430. The number of nitriles is 1. The second kappa shape index (κ2) is 3.96. The first kappa shape index (κ1) is 9.46. The van der Waals surface area contributed by atoms with Gasteiger partial charge in [0.05, 0.1) is 12.7 Å². The van der Waals surface area contributed by atoms with Crippen LogP contribution < -0.4 is 0 Å². The van der Waals surface area contributed by atoms with Crippen LogP contribution in [-0.4, -0.2) is 19.3 Å². The molecule has 2 aromatic rings. The van der Waals surface area contributed by atoms with Gasteiger partial charge < -0.3 is 4.57 Å². The van der Waals surface area contributed by atoms with Gasteiger partial charge in [-0.1, -0.05) is 0 Å². The molecule has 0 atom stereocenters. The molecular formula is C10H11N5. The van der Waals surface area contributed by atoms with E-state index in [0.29, 0.717) is 12.4 Å². The highest BCUT2D eigenvalue weighted by Crippen LogP contribution is 2.04. The first-order valence-corrected chi connectivity index (χ1v) is 4.76. The van der Waals surface area contributed by atoms with E-state index in [4.69, 9.17) is 5.26 Å². The first-order valence-electron chi connectivity index (χ1n) is 4.76. The Kier molecular flexibility index (Phi) is 2.50. The molecule has 0 bridgehead atoms. The Labute approximate surface area is 87.6 Å². The van der Waals surface area contributed by atoms with E-state index in [2.05, 4.69) is 10.1 Å². The maximum Gasteiger partial charge on any atom is 0.213 e. The van der Waals surface area contributed by atoms with Gasteiger partial charge in [0.15, 0.2) is 0 Å². The lowest BCUT2D eigenvalue weighted by atomic mass is 10.3. The van der Waals surface area contributed by atoms with Gasteiger partial charge in [-0.15, -0.1) is 0 Å². The number of hydrogen-bond donors (Lipinski definition) is 0. The maximum atomic E-state index is 8.78. The second-order valence-electron chi connectivity index (χ2n) is 3.19. The average Bonchev–Trinajstić information content (AvgIpc) is 2.87. The van der Waals surface area contributed by atoms with E-state index < -0.39 is 0 Å². The smallest absolute Gasteiger partial charge is 0.213 e. The fraction of sp³-hybridized carbons (Fsp3) is 0.300. The van der Waals surface area contributed by atoms with Gasteiger partial charge in [0.2, 0.25) is 5.82 Å². The minimum Gasteiger partial charge on any atom is -0.318 e. The molecule has 0 fully saturated rings. The molecule has 0 aliphatic heterocycles. The summed E-state index contributed by atoms with van der Waals surface area (Å²) < 4.78 is 3.66. The molecule has 0 amide bonds. The zero-order valence-corrected chi connectivity index (χ0v) is 8.46. The van der Waals surface area contributed by atoms with Gasteiger partial charge in [-0.25, -0.2) is 4.98 Å². The Hall–Kier alpha value is -2.09. The largest absolute Gasteiger partial charge is 0.318 e. The van der Waals surface area contributed by atoms with Crippen molar-refractivity contribution in [3.63, 3.8) is 0 Å². The summed E-state index contributed by atoms with van der Waals surface area (Å²) in [4.78, 5) is 3.93. The van der Waals surface area contributed by atoms with Crippen LogP contribution in [0.15, 0.2) is 24.8 Å². The van der Waals surface area contributed by atoms with Crippen LogP contribution >= 0.6 is 0 Å². The molecule has 76 valence electrons. The van der Waals surface area contributed by atoms with Crippen LogP contribution in [0, 0.1) is 11.3 Å². The predicted molar refractivity (Wildman–Crippen MR) is 53.9 cm³/mol. The summed E-state index contributed by atoms with van der Waals surface area (Å²) in [6.07, 6.45) is 7.20. The van der Waals surface area contributed by atoms with Crippen LogP contribution in [0.1, 0.15) is 18.3 Å². The molecule has 2 rings (SSSR count). The number of rotatable bonds is 3. The SMILES string of the molecule is CCn1cc(Cn2ccnc2C#N)cn1. The van der Waals surface area contributed by atoms with Crippen LogP contribution in [-0.2, 0) is 13.1 Å². The first-order chi connectivity index (χ1) is 7.33. The fourth-order valence-electron chi connectivity index (χ4n) is 1.41. The summed E-state index contributed by atoms with van der Waals surface area (Å²) in [5.41, 5.74) is 1.08. The molecule has 0 unspecified atom stereocenters. The third kappa shape index (κ3) is 1.89. The lowest BCUT2D eigenvalue weighted by molar-refractivity contribution is 0.658. The molecule has 0 spiro atoms. The fourth-order valence-corrected chi connectivity index (χ4v) is 1.41. The number of hydrogen-bond acceptors (Lipinski definition) is 3. The van der Waals surface area contributed by atoms with Crippen LogP contribution in [0.25, 0.3) is 0 Å². The summed E-state index contributed by atoms with van der Waals surface area (Å²) in [5.74, 6) is 0.430. The van der Waals surface area contributed by atoms with Crippen molar-refractivity contribution in [3.05, 3.63) is 36.2 Å². The van der Waals surface area contributed by atoms with Crippen molar-refractivity contribution in [1.29, 1.82) is 5.26 Å². The highest BCUT2D eigenvalue weighted by Gasteiger charge is 2.03. The summed E-state index contributed by atoms with van der Waals surface area (Å²) in [6.45, 7) is 3.53. The van der Waals surface area contributed by atoms with E-state index in [1.54, 1.807) is 17.0 Å². The Balaban J connectivity index is 2.19. The van der Waals surface area contributed by atoms with E-state index in [1.807, 2.05) is 30.1 Å². The zero-order valence-electron chi connectivity index (χ0n) is 8.46. The third-order valence-electron chi connectivity index (χ3n) is 2.18. The van der Waals surface area contributed by atoms with E-state index in [1.165, 1.54) is 0 Å². The molecule has 5 heteroatoms. The molecule has 2 heterocycles. The molecule has 0 aliphatic rings. The molecule has 5 nitrogen and oxygen atoms in total. The molecular weight excluding hydrogens is 190 g/mol. The molecule has 15 heavy (non-hydrogen) atoms. The van der Waals surface area contributed by atoms with Gasteiger partial charge in [0, 0.05) is 30.7 Å². The molecule has 2 aromatic heterocycles. The normalized spacial score (nSPS) is 10.1. The standard InChI is InChI=1S/C10H11N5/c1-2-15-8-9(6-13-15)7-14-4-3-12-10(14)5-11/h3-4,6,8H,2,7H2,1H3. The Morgan fingerprint density at radius 2 is 2.40 bits per heavy atom. The van der Waals surface area contributed by atoms with Gasteiger partial charge in [0.1, 0.15) is 6.07 Å². The molecule has 0 radical (unpaired) electrons. The number of aryl methyl sites for hydroxylation is 1. The molecule has 0 aromatic carbocycles. The second-order valence-corrected chi connectivity index (χ2v) is 3.19. The maximum absolute atomic E-state index is 8.78. The van der Waals surface area contributed by atoms with Gasteiger partial charge >= 0.3 is 0 Å². The topological polar surface area (TPSA) is 59.4 Å². The van der Waals surface area contributed by atoms with E-state index in [-0.39, 0.29) is 0 Å². The minimum atomic E-state index is 0.430. The van der Waals surface area contributed by atoms with Crippen molar-refractivity contribution in [2.24, 2.45) is 0 Å². The summed E-state index contributed by atoms with van der Waals surface area (Å²) in [7, 11) is 0. The van der Waals surface area contributed by atoms with Crippen molar-refractivity contribution in [3.8, 4) is 6.07 Å². The van der Waals surface area contributed by atoms with Crippen LogP contribution in [0.3, 0.4) is 0 Å². The van der Waals surface area contributed by atoms with Gasteiger partial charge in [-0.05, 0) is 6.92 Å². The van der Waals surface area contributed by atoms with E-state index in [9.17, 15) is 0 Å². The van der Waals surface area contributed by atoms with Crippen molar-refractivity contribution in [2.75, 3.05) is 0 Å². The van der Waals surface area contributed by atoms with Gasteiger partial charge in [0.25, 0.3) is 0 Å². The molecule has 0 saturated heterocycles. The highest BCUT2D eigenvalue weighted by atomic mass is 15.3. The Morgan fingerprint density at radius 1 is 1.53 bits per heavy atom. The molecule has 0 saturated carbocycles. The third-order valence-corrected chi connectivity index (χ3v) is 2.18.